The minimum atomic E-state index is -1.26. The molecule has 2 amide bonds. The molecule has 7 N–H and O–H groups in total. The summed E-state index contributed by atoms with van der Waals surface area (Å²) in [5.41, 5.74) is 10.8. The summed E-state index contributed by atoms with van der Waals surface area (Å²) < 4.78 is 0. The fourth-order valence-corrected chi connectivity index (χ4v) is 5.70. The van der Waals surface area contributed by atoms with Gasteiger partial charge in [-0.15, -0.1) is 34.9 Å². The van der Waals surface area contributed by atoms with Crippen molar-refractivity contribution in [3.8, 4) is 0 Å². The van der Waals surface area contributed by atoms with Gasteiger partial charge in [-0.3, -0.25) is 19.9 Å². The molecule has 160 valence electrons. The summed E-state index contributed by atoms with van der Waals surface area (Å²) in [7, 11) is 1.26. The van der Waals surface area contributed by atoms with E-state index in [9.17, 15) is 19.5 Å². The molecule has 1 aromatic heterocycles. The molecule has 1 saturated heterocycles. The lowest BCUT2D eigenvalue weighted by Crippen LogP contribution is -2.71. The molecular weight excluding hydrogens is 454 g/mol. The molecule has 30 heavy (non-hydrogen) atoms. The number of amidine groups is 1. The van der Waals surface area contributed by atoms with Gasteiger partial charge < -0.3 is 26.7 Å². The Morgan fingerprint density at radius 1 is 1.57 bits per heavy atom. The van der Waals surface area contributed by atoms with Crippen molar-refractivity contribution < 1.29 is 24.3 Å². The maximum Gasteiger partial charge on any atom is 0.353 e. The van der Waals surface area contributed by atoms with Crippen molar-refractivity contribution in [3.05, 3.63) is 21.7 Å². The number of aliphatic carboxylic acids is 1. The molecule has 0 saturated carbocycles. The zero-order chi connectivity index (χ0) is 22.0. The minimum absolute atomic E-state index is 0.0999. The van der Waals surface area contributed by atoms with E-state index in [-0.39, 0.29) is 33.8 Å². The van der Waals surface area contributed by atoms with Crippen LogP contribution in [0.3, 0.4) is 0 Å². The Balaban J connectivity index is 1.77. The number of carbonyl (C=O) groups is 3. The molecule has 0 aromatic carbocycles. The maximum absolute atomic E-state index is 12.7. The lowest BCUT2D eigenvalue weighted by molar-refractivity contribution is -0.150. The Morgan fingerprint density at radius 2 is 2.30 bits per heavy atom. The van der Waals surface area contributed by atoms with Crippen LogP contribution in [-0.4, -0.2) is 74.4 Å². The van der Waals surface area contributed by atoms with Crippen LogP contribution in [0.25, 0.3) is 0 Å². The van der Waals surface area contributed by atoms with Crippen LogP contribution in [0.1, 0.15) is 5.69 Å². The molecule has 0 radical (unpaired) electrons. The number of carboxylic acid groups (broad SMARTS) is 1. The molecule has 3 rings (SSSR count). The second kappa shape index (κ2) is 8.93. The number of oxime groups is 1. The number of carbonyl (C=O) groups excluding carboxylic acids is 2. The van der Waals surface area contributed by atoms with Gasteiger partial charge in [-0.05, 0) is 0 Å². The highest BCUT2D eigenvalue weighted by molar-refractivity contribution is 8.06. The summed E-state index contributed by atoms with van der Waals surface area (Å²) >= 11 is 3.52. The van der Waals surface area contributed by atoms with Crippen LogP contribution in [0.15, 0.2) is 21.1 Å². The van der Waals surface area contributed by atoms with Gasteiger partial charge in [-0.1, -0.05) is 5.16 Å². The highest BCUT2D eigenvalue weighted by atomic mass is 32.2. The zero-order valence-corrected chi connectivity index (χ0v) is 17.9. The average molecular weight is 472 g/mol. The second-order valence-electron chi connectivity index (χ2n) is 5.95. The number of anilines is 1. The number of fused-ring (bicyclic) bond motifs is 1. The number of nitrogens with zero attached hydrogens (tertiary/aromatic N) is 3. The third kappa shape index (κ3) is 4.22. The molecular formula is C15H17N7O5S3. The number of β-lactam (4-membered cyclic amide) rings is 1. The number of nitrogen functional groups attached to an aromatic ring is 1. The van der Waals surface area contributed by atoms with E-state index >= 15 is 0 Å². The number of hydrogen-bond donors (Lipinski definition) is 5. The van der Waals surface area contributed by atoms with Crippen LogP contribution >= 0.6 is 34.9 Å². The topological polar surface area (TPSA) is 197 Å². The molecule has 12 nitrogen and oxygen atoms in total. The van der Waals surface area contributed by atoms with E-state index in [0.717, 1.165) is 28.0 Å². The molecule has 2 aliphatic heterocycles. The normalized spacial score (nSPS) is 21.0. The van der Waals surface area contributed by atoms with Gasteiger partial charge >= 0.3 is 5.97 Å². The smallest absolute Gasteiger partial charge is 0.353 e. The number of rotatable bonds is 8. The first-order chi connectivity index (χ1) is 14.2. The maximum atomic E-state index is 12.7. The van der Waals surface area contributed by atoms with Crippen molar-refractivity contribution >= 4 is 69.3 Å². The van der Waals surface area contributed by atoms with Crippen LogP contribution in [0.4, 0.5) is 5.13 Å². The third-order valence-electron chi connectivity index (χ3n) is 3.99. The van der Waals surface area contributed by atoms with E-state index < -0.39 is 29.2 Å². The molecule has 0 spiro atoms. The highest BCUT2D eigenvalue weighted by Gasteiger charge is 2.54. The molecule has 0 bridgehead atoms. The molecule has 1 unspecified atom stereocenters. The van der Waals surface area contributed by atoms with E-state index in [1.54, 1.807) is 0 Å². The number of hydrogen-bond acceptors (Lipinski definition) is 11. The summed E-state index contributed by atoms with van der Waals surface area (Å²) in [6.45, 7) is 0. The lowest BCUT2D eigenvalue weighted by atomic mass is 10.0. The molecule has 1 aromatic rings. The predicted molar refractivity (Wildman–Crippen MR) is 114 cm³/mol. The van der Waals surface area contributed by atoms with Crippen molar-refractivity contribution in [2.75, 3.05) is 24.3 Å². The SMILES string of the molecule is CO/N=C(\C(=O)NC1C(=O)N2C(C(=O)O)=C(SCC(=N)N)CS[C@H]12)c1csc(N)n1. The van der Waals surface area contributed by atoms with Crippen molar-refractivity contribution in [1.82, 2.24) is 15.2 Å². The molecule has 0 aliphatic carbocycles. The molecule has 2 atom stereocenters. The highest BCUT2D eigenvalue weighted by Crippen LogP contribution is 2.43. The number of aromatic nitrogens is 1. The Labute approximate surface area is 182 Å². The number of nitrogens with one attached hydrogen (secondary N) is 2. The summed E-state index contributed by atoms with van der Waals surface area (Å²) in [6.07, 6.45) is 0. The quantitative estimate of drug-likeness (QED) is 0.142. The molecule has 3 heterocycles. The van der Waals surface area contributed by atoms with Gasteiger partial charge in [0.2, 0.25) is 0 Å². The first kappa shape index (κ1) is 21.9. The second-order valence-corrected chi connectivity index (χ2v) is 9.01. The first-order valence-corrected chi connectivity index (χ1v) is 11.2. The van der Waals surface area contributed by atoms with E-state index in [4.69, 9.17) is 21.7 Å². The number of thiazole rings is 1. The van der Waals surface area contributed by atoms with Gasteiger partial charge in [0, 0.05) is 16.0 Å². The van der Waals surface area contributed by atoms with Gasteiger partial charge in [0.25, 0.3) is 11.8 Å². The van der Waals surface area contributed by atoms with Crippen molar-refractivity contribution in [2.24, 2.45) is 10.9 Å². The van der Waals surface area contributed by atoms with Crippen LogP contribution in [-0.2, 0) is 19.2 Å². The first-order valence-electron chi connectivity index (χ1n) is 8.24. The number of amides is 2. The lowest BCUT2D eigenvalue weighted by Gasteiger charge is -2.49. The van der Waals surface area contributed by atoms with Gasteiger partial charge in [0.05, 0.1) is 5.75 Å². The summed E-state index contributed by atoms with van der Waals surface area (Å²) in [5.74, 6) is -2.19. The molecule has 1 fully saturated rings. The summed E-state index contributed by atoms with van der Waals surface area (Å²) in [4.78, 5) is 47.4. The Kier molecular flexibility index (Phi) is 6.52. The van der Waals surface area contributed by atoms with Gasteiger partial charge in [-0.2, -0.15) is 0 Å². The summed E-state index contributed by atoms with van der Waals surface area (Å²) in [5, 5.41) is 24.3. The number of thioether (sulfide) groups is 2. The van der Waals surface area contributed by atoms with E-state index in [1.807, 2.05) is 0 Å². The van der Waals surface area contributed by atoms with Gasteiger partial charge in [-0.25, -0.2) is 9.78 Å². The number of carboxylic acids is 1. The fraction of sp³-hybridized carbons (Fsp3) is 0.333. The van der Waals surface area contributed by atoms with Gasteiger partial charge in [0.1, 0.15) is 35.8 Å². The van der Waals surface area contributed by atoms with Crippen LogP contribution in [0.2, 0.25) is 0 Å². The molecule has 15 heteroatoms. The Morgan fingerprint density at radius 3 is 2.87 bits per heavy atom. The van der Waals surface area contributed by atoms with E-state index in [1.165, 1.54) is 24.3 Å². The van der Waals surface area contributed by atoms with Crippen LogP contribution < -0.4 is 16.8 Å². The van der Waals surface area contributed by atoms with E-state index in [2.05, 4.69) is 15.5 Å². The Hall–Kier alpha value is -2.78. The van der Waals surface area contributed by atoms with Crippen molar-refractivity contribution in [2.45, 2.75) is 11.4 Å². The number of nitrogens with two attached hydrogens (primary N) is 2. The van der Waals surface area contributed by atoms with Crippen molar-refractivity contribution in [1.29, 1.82) is 5.41 Å². The molecule has 2 aliphatic rings. The standard InChI is InChI=1S/C15H17N7O5S3/c1-27-21-8(5-2-30-15(18)19-5)11(23)20-9-12(24)22-10(14(25)26)6(3-29-13(9)22)28-4-7(16)17/h2,9,13H,3-4H2,1H3,(H3,16,17)(H2,18,19)(H,20,23)(H,25,26)/b21-8-/t9?,13-/m1/s1. The van der Waals surface area contributed by atoms with Crippen molar-refractivity contribution in [3.63, 3.8) is 0 Å². The summed E-state index contributed by atoms with van der Waals surface area (Å²) in [6, 6.07) is -0.936. The zero-order valence-electron chi connectivity index (χ0n) is 15.4. The average Bonchev–Trinajstić information content (AvgIpc) is 3.13. The monoisotopic (exact) mass is 471 g/mol. The minimum Gasteiger partial charge on any atom is -0.477 e. The third-order valence-corrected chi connectivity index (χ3v) is 7.26. The predicted octanol–water partition coefficient (Wildman–Crippen LogP) is -0.559. The largest absolute Gasteiger partial charge is 0.477 e. The van der Waals surface area contributed by atoms with Crippen LogP contribution in [0, 0.1) is 5.41 Å². The van der Waals surface area contributed by atoms with Gasteiger partial charge in [0.15, 0.2) is 10.8 Å². The fourth-order valence-electron chi connectivity index (χ4n) is 2.77. The van der Waals surface area contributed by atoms with Crippen LogP contribution in [0.5, 0.6) is 0 Å². The Bertz CT molecular complexity index is 976. The van der Waals surface area contributed by atoms with E-state index in [0.29, 0.717) is 10.7 Å².